The molecule has 8 nitrogen and oxygen atoms in total. The molecule has 76 valence electrons. The molecule has 0 aliphatic heterocycles. The summed E-state index contributed by atoms with van der Waals surface area (Å²) in [5, 5.41) is 26.4. The van der Waals surface area contributed by atoms with E-state index < -0.39 is 30.5 Å². The van der Waals surface area contributed by atoms with Crippen LogP contribution in [0.15, 0.2) is 0 Å². The molecule has 0 heterocycles. The number of hydrogen-bond acceptors (Lipinski definition) is 6. The molecule has 0 radical (unpaired) electrons. The number of primary amides is 1. The predicted molar refractivity (Wildman–Crippen MR) is 34.8 cm³/mol. The van der Waals surface area contributed by atoms with Gasteiger partial charge in [-0.05, 0) is 0 Å². The van der Waals surface area contributed by atoms with Gasteiger partial charge in [-0.1, -0.05) is 0 Å². The fourth-order valence-electron chi connectivity index (χ4n) is 0.271. The summed E-state index contributed by atoms with van der Waals surface area (Å²) in [4.78, 5) is 28.1. The van der Waals surface area contributed by atoms with E-state index in [9.17, 15) is 14.7 Å². The van der Waals surface area contributed by atoms with Crippen LogP contribution in [0.5, 0.6) is 0 Å². The van der Waals surface area contributed by atoms with Gasteiger partial charge in [-0.2, -0.15) is 0 Å². The normalized spacial score (nSPS) is 9.13. The molecule has 5 N–H and O–H groups in total. The van der Waals surface area contributed by atoms with Crippen molar-refractivity contribution in [2.45, 2.75) is 12.5 Å². The number of carboxylic acid groups (broad SMARTS) is 3. The van der Waals surface area contributed by atoms with Crippen LogP contribution in [0.1, 0.15) is 6.42 Å². The quantitative estimate of drug-likeness (QED) is 0.409. The van der Waals surface area contributed by atoms with Crippen molar-refractivity contribution in [1.82, 2.24) is 0 Å². The molecule has 0 fully saturated rings. The molecule has 1 atom stereocenters. The van der Waals surface area contributed by atoms with Crippen molar-refractivity contribution >= 4 is 18.0 Å². The van der Waals surface area contributed by atoms with Crippen LogP contribution in [0.2, 0.25) is 0 Å². The van der Waals surface area contributed by atoms with Crippen LogP contribution < -0.4 is 80.8 Å². The maximum absolute atomic E-state index is 9.74. The van der Waals surface area contributed by atoms with E-state index in [1.807, 2.05) is 0 Å². The molecule has 0 aromatic carbocycles. The minimum atomic E-state index is -1.58. The van der Waals surface area contributed by atoms with Crippen molar-refractivity contribution < 1.29 is 88.8 Å². The van der Waals surface area contributed by atoms with Gasteiger partial charge in [0.2, 0.25) is 0 Å². The largest absolute Gasteiger partial charge is 1.00 e. The second-order valence-electron chi connectivity index (χ2n) is 1.84. The average molecular weight is 238 g/mol. The molecular formula is C5H8N2Na2O6. The van der Waals surface area contributed by atoms with Gasteiger partial charge in [0, 0.05) is 0 Å². The number of carbonyl (C=O) groups excluding carboxylic acids is 2. The van der Waals surface area contributed by atoms with Gasteiger partial charge in [0.05, 0.1) is 18.4 Å². The van der Waals surface area contributed by atoms with Gasteiger partial charge in [0.15, 0.2) is 0 Å². The molecule has 0 bridgehead atoms. The van der Waals surface area contributed by atoms with Crippen LogP contribution in [0.3, 0.4) is 0 Å². The molecule has 0 saturated carbocycles. The third-order valence-electron chi connectivity index (χ3n) is 0.697. The van der Waals surface area contributed by atoms with Crippen LogP contribution >= 0.6 is 0 Å². The van der Waals surface area contributed by atoms with Crippen LogP contribution in [0, 0.1) is 0 Å². The third kappa shape index (κ3) is 31.4. The molecule has 0 rings (SSSR count). The van der Waals surface area contributed by atoms with Crippen LogP contribution in [0.4, 0.5) is 4.79 Å². The Morgan fingerprint density at radius 1 is 1.20 bits per heavy atom. The maximum Gasteiger partial charge on any atom is 1.00 e. The minimum Gasteiger partial charge on any atom is -0.548 e. The zero-order valence-corrected chi connectivity index (χ0v) is 12.4. The molecule has 0 aromatic rings. The topological polar surface area (TPSA) is 170 Å². The Kier molecular flexibility index (Phi) is 23.1. The van der Waals surface area contributed by atoms with Gasteiger partial charge in [-0.25, -0.2) is 0 Å². The number of hydrogen-bond donors (Lipinski definition) is 3. The van der Waals surface area contributed by atoms with Gasteiger partial charge in [-0.3, -0.25) is 4.79 Å². The number of nitrogens with two attached hydrogens (primary N) is 2. The number of rotatable bonds is 3. The van der Waals surface area contributed by atoms with Crippen LogP contribution in [-0.2, 0) is 9.59 Å². The SMILES string of the molecule is NC(=O)[O-].N[C@@H](CC(=O)O)C(=O)[O-].[Na+].[Na+]. The smallest absolute Gasteiger partial charge is 0.548 e. The minimum absolute atomic E-state index is 0. The van der Waals surface area contributed by atoms with E-state index in [2.05, 4.69) is 5.73 Å². The summed E-state index contributed by atoms with van der Waals surface area (Å²) in [6.07, 6.45) is -2.18. The van der Waals surface area contributed by atoms with Crippen molar-refractivity contribution in [1.29, 1.82) is 0 Å². The van der Waals surface area contributed by atoms with Crippen LogP contribution in [0.25, 0.3) is 0 Å². The van der Waals surface area contributed by atoms with E-state index in [0.29, 0.717) is 0 Å². The molecule has 15 heavy (non-hydrogen) atoms. The number of amides is 1. The zero-order chi connectivity index (χ0) is 11.0. The molecule has 0 unspecified atom stereocenters. The Balaban J connectivity index is -0.0000000883. The molecule has 0 aliphatic carbocycles. The number of carboxylic acids is 2. The molecule has 1 amide bonds. The molecule has 0 aromatic heterocycles. The fourth-order valence-corrected chi connectivity index (χ4v) is 0.271. The van der Waals surface area contributed by atoms with Gasteiger partial charge in [-0.15, -0.1) is 0 Å². The first-order valence-electron chi connectivity index (χ1n) is 2.92. The summed E-state index contributed by atoms with van der Waals surface area (Å²) in [6.45, 7) is 0. The van der Waals surface area contributed by atoms with E-state index in [1.54, 1.807) is 0 Å². The average Bonchev–Trinajstić information content (AvgIpc) is 1.83. The Morgan fingerprint density at radius 2 is 1.47 bits per heavy atom. The van der Waals surface area contributed by atoms with E-state index >= 15 is 0 Å². The Bertz CT molecular complexity index is 208. The third-order valence-corrected chi connectivity index (χ3v) is 0.697. The first-order chi connectivity index (χ1) is 5.77. The summed E-state index contributed by atoms with van der Waals surface area (Å²) >= 11 is 0. The summed E-state index contributed by atoms with van der Waals surface area (Å²) in [6, 6.07) is -1.40. The van der Waals surface area contributed by atoms with Crippen molar-refractivity contribution in [3.8, 4) is 0 Å². The summed E-state index contributed by atoms with van der Waals surface area (Å²) < 4.78 is 0. The number of aliphatic carboxylic acids is 2. The van der Waals surface area contributed by atoms with Gasteiger partial charge >= 0.3 is 65.1 Å². The molecular weight excluding hydrogens is 230 g/mol. The van der Waals surface area contributed by atoms with Crippen molar-refractivity contribution in [2.75, 3.05) is 0 Å². The van der Waals surface area contributed by atoms with Crippen molar-refractivity contribution in [2.24, 2.45) is 11.5 Å². The first-order valence-corrected chi connectivity index (χ1v) is 2.92. The summed E-state index contributed by atoms with van der Waals surface area (Å²) in [7, 11) is 0. The van der Waals surface area contributed by atoms with Crippen molar-refractivity contribution in [3.63, 3.8) is 0 Å². The van der Waals surface area contributed by atoms with Crippen LogP contribution in [-0.4, -0.2) is 29.2 Å². The molecule has 0 saturated heterocycles. The fraction of sp³-hybridized carbons (Fsp3) is 0.400. The second-order valence-corrected chi connectivity index (χ2v) is 1.84. The molecule has 0 aliphatic rings. The van der Waals surface area contributed by atoms with Gasteiger partial charge < -0.3 is 36.4 Å². The molecule has 0 spiro atoms. The zero-order valence-electron chi connectivity index (χ0n) is 8.43. The Morgan fingerprint density at radius 3 is 1.53 bits per heavy atom. The van der Waals surface area contributed by atoms with E-state index in [-0.39, 0.29) is 59.1 Å². The monoisotopic (exact) mass is 238 g/mol. The maximum atomic E-state index is 9.74. The van der Waals surface area contributed by atoms with Gasteiger partial charge in [0.25, 0.3) is 0 Å². The van der Waals surface area contributed by atoms with E-state index in [1.165, 1.54) is 0 Å². The standard InChI is InChI=1S/C4H7NO4.CH3NO2.2Na/c5-2(4(8)9)1-3(6)7;2-1(3)4;;/h2H,1,5H2,(H,6,7)(H,8,9);2H2,(H,3,4);;/q;;2*+1/p-2/t2-;;;/m0.../s1. The van der Waals surface area contributed by atoms with E-state index in [0.717, 1.165) is 0 Å². The van der Waals surface area contributed by atoms with Gasteiger partial charge in [0.1, 0.15) is 6.09 Å². The van der Waals surface area contributed by atoms with Crippen molar-refractivity contribution in [3.05, 3.63) is 0 Å². The first kappa shape index (κ1) is 24.4. The number of carbonyl (C=O) groups is 3. The van der Waals surface area contributed by atoms with E-state index in [4.69, 9.17) is 20.7 Å². The second kappa shape index (κ2) is 14.2. The Hall–Kier alpha value is 0.170. The predicted octanol–water partition coefficient (Wildman–Crippen LogP) is -10.2. The summed E-state index contributed by atoms with van der Waals surface area (Å²) in [5.41, 5.74) is 8.69. The molecule has 10 heteroatoms. The Labute approximate surface area is 130 Å². The summed E-state index contributed by atoms with van der Waals surface area (Å²) in [5.74, 6) is -2.79.